The van der Waals surface area contributed by atoms with Gasteiger partial charge in [-0.05, 0) is 58.8 Å². The van der Waals surface area contributed by atoms with E-state index >= 15 is 0 Å². The molecule has 0 aliphatic carbocycles. The van der Waals surface area contributed by atoms with E-state index in [4.69, 9.17) is 0 Å². The van der Waals surface area contributed by atoms with Crippen molar-refractivity contribution in [3.05, 3.63) is 26.6 Å². The van der Waals surface area contributed by atoms with E-state index < -0.39 is 0 Å². The zero-order chi connectivity index (χ0) is 15.7. The van der Waals surface area contributed by atoms with Crippen LogP contribution in [0.15, 0.2) is 4.79 Å². The number of hydrogen-bond donors (Lipinski definition) is 2. The molecule has 1 atom stereocenters. The maximum absolute atomic E-state index is 12.3. The molecular weight excluding hydrogens is 296 g/mol. The van der Waals surface area contributed by atoms with E-state index in [1.165, 1.54) is 17.7 Å². The average Bonchev–Trinajstić information content (AvgIpc) is 2.69. The summed E-state index contributed by atoms with van der Waals surface area (Å²) in [6.45, 7) is 6.92. The van der Waals surface area contributed by atoms with Crippen LogP contribution in [0, 0.1) is 13.8 Å². The second-order valence-electron chi connectivity index (χ2n) is 6.23. The topological polar surface area (TPSA) is 61.0 Å². The summed E-state index contributed by atoms with van der Waals surface area (Å²) < 4.78 is 0. The molecule has 120 valence electrons. The zero-order valence-electron chi connectivity index (χ0n) is 13.5. The third-order valence-corrected chi connectivity index (χ3v) is 5.76. The average molecular weight is 320 g/mol. The van der Waals surface area contributed by atoms with Gasteiger partial charge in [0.1, 0.15) is 10.7 Å². The lowest BCUT2D eigenvalue weighted by Crippen LogP contribution is -2.33. The SMILES string of the molecule is Cc1sc2nc(CN(C)C3CCCNCC3)[nH]c(=O)c2c1C. The van der Waals surface area contributed by atoms with E-state index in [9.17, 15) is 4.79 Å². The van der Waals surface area contributed by atoms with E-state index in [0.717, 1.165) is 41.1 Å². The summed E-state index contributed by atoms with van der Waals surface area (Å²) >= 11 is 1.61. The molecule has 22 heavy (non-hydrogen) atoms. The van der Waals surface area contributed by atoms with Crippen molar-refractivity contribution in [2.24, 2.45) is 0 Å². The number of fused-ring (bicyclic) bond motifs is 1. The third kappa shape index (κ3) is 3.09. The molecule has 1 aliphatic heterocycles. The molecule has 1 unspecified atom stereocenters. The third-order valence-electron chi connectivity index (χ3n) is 4.66. The first-order valence-electron chi connectivity index (χ1n) is 7.96. The molecule has 1 aliphatic rings. The monoisotopic (exact) mass is 320 g/mol. The fourth-order valence-electron chi connectivity index (χ4n) is 3.18. The van der Waals surface area contributed by atoms with Gasteiger partial charge in [0.05, 0.1) is 11.9 Å². The van der Waals surface area contributed by atoms with Crippen LogP contribution < -0.4 is 10.9 Å². The molecule has 1 saturated heterocycles. The number of aryl methyl sites for hydroxylation is 2. The molecule has 0 spiro atoms. The summed E-state index contributed by atoms with van der Waals surface area (Å²) in [4.78, 5) is 24.3. The number of aromatic nitrogens is 2. The predicted octanol–water partition coefficient (Wildman–Crippen LogP) is 2.18. The summed E-state index contributed by atoms with van der Waals surface area (Å²) in [6.07, 6.45) is 3.56. The van der Waals surface area contributed by atoms with Crippen LogP contribution in [-0.4, -0.2) is 41.0 Å². The van der Waals surface area contributed by atoms with Crippen LogP contribution in [0.3, 0.4) is 0 Å². The first-order chi connectivity index (χ1) is 10.6. The minimum atomic E-state index is -0.00205. The Kier molecular flexibility index (Phi) is 4.61. The van der Waals surface area contributed by atoms with Crippen LogP contribution in [0.4, 0.5) is 0 Å². The molecule has 5 nitrogen and oxygen atoms in total. The fourth-order valence-corrected chi connectivity index (χ4v) is 4.23. The van der Waals surface area contributed by atoms with Crippen LogP contribution in [0.1, 0.15) is 35.5 Å². The highest BCUT2D eigenvalue weighted by Gasteiger charge is 2.18. The Morgan fingerprint density at radius 1 is 1.32 bits per heavy atom. The Morgan fingerprint density at radius 2 is 2.14 bits per heavy atom. The largest absolute Gasteiger partial charge is 0.317 e. The minimum Gasteiger partial charge on any atom is -0.317 e. The second-order valence-corrected chi connectivity index (χ2v) is 7.43. The standard InChI is InChI=1S/C16H24N4OS/c1-10-11(2)22-16-14(10)15(21)18-13(19-16)9-20(3)12-5-4-7-17-8-6-12/h12,17H,4-9H2,1-3H3,(H,18,19,21). The van der Waals surface area contributed by atoms with Gasteiger partial charge in [-0.3, -0.25) is 9.69 Å². The normalized spacial score (nSPS) is 19.7. The van der Waals surface area contributed by atoms with Crippen LogP contribution >= 0.6 is 11.3 Å². The Bertz CT molecular complexity index is 713. The molecule has 0 bridgehead atoms. The van der Waals surface area contributed by atoms with Crippen LogP contribution in [0.25, 0.3) is 10.2 Å². The van der Waals surface area contributed by atoms with Crippen LogP contribution in [-0.2, 0) is 6.54 Å². The summed E-state index contributed by atoms with van der Waals surface area (Å²) in [7, 11) is 2.13. The number of aromatic amines is 1. The molecule has 3 heterocycles. The van der Waals surface area contributed by atoms with Gasteiger partial charge in [0, 0.05) is 10.9 Å². The highest BCUT2D eigenvalue weighted by molar-refractivity contribution is 7.18. The van der Waals surface area contributed by atoms with Gasteiger partial charge >= 0.3 is 0 Å². The molecule has 2 aromatic heterocycles. The van der Waals surface area contributed by atoms with Crippen molar-refractivity contribution in [1.29, 1.82) is 0 Å². The first kappa shape index (κ1) is 15.6. The van der Waals surface area contributed by atoms with Crippen LogP contribution in [0.2, 0.25) is 0 Å². The van der Waals surface area contributed by atoms with Gasteiger partial charge in [-0.1, -0.05) is 0 Å². The van der Waals surface area contributed by atoms with Crippen molar-refractivity contribution in [2.45, 2.75) is 45.7 Å². The van der Waals surface area contributed by atoms with Crippen molar-refractivity contribution in [2.75, 3.05) is 20.1 Å². The molecular formula is C16H24N4OS. The van der Waals surface area contributed by atoms with Gasteiger partial charge in [0.15, 0.2) is 0 Å². The van der Waals surface area contributed by atoms with Gasteiger partial charge in [0.2, 0.25) is 0 Å². The minimum absolute atomic E-state index is 0.00205. The summed E-state index contributed by atoms with van der Waals surface area (Å²) in [5, 5.41) is 4.20. The molecule has 2 aromatic rings. The van der Waals surface area contributed by atoms with Crippen molar-refractivity contribution in [1.82, 2.24) is 20.2 Å². The zero-order valence-corrected chi connectivity index (χ0v) is 14.3. The molecule has 0 amide bonds. The maximum Gasteiger partial charge on any atom is 0.259 e. The van der Waals surface area contributed by atoms with Gasteiger partial charge in [0.25, 0.3) is 5.56 Å². The van der Waals surface area contributed by atoms with E-state index in [1.54, 1.807) is 11.3 Å². The first-order valence-corrected chi connectivity index (χ1v) is 8.77. The quantitative estimate of drug-likeness (QED) is 0.910. The lowest BCUT2D eigenvalue weighted by atomic mass is 10.1. The lowest BCUT2D eigenvalue weighted by molar-refractivity contribution is 0.212. The van der Waals surface area contributed by atoms with Gasteiger partial charge in [-0.2, -0.15) is 0 Å². The Labute approximate surface area is 134 Å². The summed E-state index contributed by atoms with van der Waals surface area (Å²) in [5.74, 6) is 0.776. The predicted molar refractivity (Wildman–Crippen MR) is 91.7 cm³/mol. The van der Waals surface area contributed by atoms with Crippen molar-refractivity contribution >= 4 is 21.6 Å². The maximum atomic E-state index is 12.3. The van der Waals surface area contributed by atoms with Gasteiger partial charge < -0.3 is 10.3 Å². The molecule has 0 saturated carbocycles. The molecule has 1 fully saturated rings. The number of H-pyrrole nitrogens is 1. The van der Waals surface area contributed by atoms with Gasteiger partial charge in [-0.15, -0.1) is 11.3 Å². The fraction of sp³-hybridized carbons (Fsp3) is 0.625. The number of thiophene rings is 1. The number of rotatable bonds is 3. The summed E-state index contributed by atoms with van der Waals surface area (Å²) in [5.41, 5.74) is 1.06. The highest BCUT2D eigenvalue weighted by atomic mass is 32.1. The van der Waals surface area contributed by atoms with E-state index in [-0.39, 0.29) is 5.56 Å². The summed E-state index contributed by atoms with van der Waals surface area (Å²) in [6, 6.07) is 0.558. The van der Waals surface area contributed by atoms with Crippen molar-refractivity contribution in [3.63, 3.8) is 0 Å². The molecule has 2 N–H and O–H groups in total. The van der Waals surface area contributed by atoms with Crippen molar-refractivity contribution < 1.29 is 0 Å². The second kappa shape index (κ2) is 6.48. The molecule has 0 radical (unpaired) electrons. The van der Waals surface area contributed by atoms with Crippen LogP contribution in [0.5, 0.6) is 0 Å². The van der Waals surface area contributed by atoms with Crippen molar-refractivity contribution in [3.8, 4) is 0 Å². The Morgan fingerprint density at radius 3 is 2.95 bits per heavy atom. The lowest BCUT2D eigenvalue weighted by Gasteiger charge is -2.26. The Balaban J connectivity index is 1.83. The number of nitrogens with one attached hydrogen (secondary N) is 2. The van der Waals surface area contributed by atoms with E-state index in [2.05, 4.69) is 27.2 Å². The van der Waals surface area contributed by atoms with Gasteiger partial charge in [-0.25, -0.2) is 4.98 Å². The number of nitrogens with zero attached hydrogens (tertiary/aromatic N) is 2. The highest BCUT2D eigenvalue weighted by Crippen LogP contribution is 2.26. The molecule has 3 rings (SSSR count). The van der Waals surface area contributed by atoms with E-state index in [0.29, 0.717) is 12.6 Å². The number of hydrogen-bond acceptors (Lipinski definition) is 5. The molecule has 6 heteroatoms. The molecule has 0 aromatic carbocycles. The smallest absolute Gasteiger partial charge is 0.259 e. The Hall–Kier alpha value is -1.24. The van der Waals surface area contributed by atoms with E-state index in [1.807, 2.05) is 13.8 Å².